The summed E-state index contributed by atoms with van der Waals surface area (Å²) < 4.78 is 11.0. The molecular formula is C20H25NO6. The van der Waals surface area contributed by atoms with Gasteiger partial charge >= 0.3 is 11.6 Å². The van der Waals surface area contributed by atoms with Gasteiger partial charge < -0.3 is 19.6 Å². The van der Waals surface area contributed by atoms with E-state index in [0.29, 0.717) is 28.7 Å². The molecule has 1 aromatic carbocycles. The third-order valence-electron chi connectivity index (χ3n) is 4.81. The van der Waals surface area contributed by atoms with Crippen LogP contribution in [0.3, 0.4) is 0 Å². The van der Waals surface area contributed by atoms with Gasteiger partial charge in [0.15, 0.2) is 6.61 Å². The molecule has 2 atom stereocenters. The van der Waals surface area contributed by atoms with Crippen molar-refractivity contribution >= 4 is 22.8 Å². The standard InChI is InChI=1S/C20H25NO6/c1-6-11(3)18(19(23)24)21-16(22)9-26-14-7-10(2)8-15-17(14)12(4)13(5)20(25)27-15/h7-8,11,18H,6,9H2,1-5H3,(H,21,22)(H,23,24)/t11-,18+/m1/s1. The fraction of sp³-hybridized carbons (Fsp3) is 0.450. The van der Waals surface area contributed by atoms with Crippen LogP contribution in [-0.2, 0) is 9.59 Å². The first-order valence-corrected chi connectivity index (χ1v) is 8.85. The minimum Gasteiger partial charge on any atom is -0.483 e. The van der Waals surface area contributed by atoms with E-state index >= 15 is 0 Å². The lowest BCUT2D eigenvalue weighted by molar-refractivity contribution is -0.143. The maximum atomic E-state index is 12.2. The predicted octanol–water partition coefficient (Wildman–Crippen LogP) is 2.71. The molecule has 1 amide bonds. The number of hydrogen-bond acceptors (Lipinski definition) is 5. The lowest BCUT2D eigenvalue weighted by atomic mass is 9.99. The molecule has 0 bridgehead atoms. The molecule has 2 aromatic rings. The van der Waals surface area contributed by atoms with Crippen molar-refractivity contribution in [2.75, 3.05) is 6.61 Å². The summed E-state index contributed by atoms with van der Waals surface area (Å²) in [6, 6.07) is 2.52. The second kappa shape index (κ2) is 8.24. The van der Waals surface area contributed by atoms with Crippen LogP contribution in [0.5, 0.6) is 5.75 Å². The number of aryl methyl sites for hydroxylation is 2. The van der Waals surface area contributed by atoms with Crippen LogP contribution >= 0.6 is 0 Å². The fourth-order valence-corrected chi connectivity index (χ4v) is 2.84. The molecule has 0 unspecified atom stereocenters. The monoisotopic (exact) mass is 375 g/mol. The second-order valence-corrected chi connectivity index (χ2v) is 6.83. The Bertz CT molecular complexity index is 930. The van der Waals surface area contributed by atoms with E-state index in [1.54, 1.807) is 32.9 Å². The number of carboxylic acids is 1. The molecule has 7 nitrogen and oxygen atoms in total. The van der Waals surface area contributed by atoms with E-state index in [0.717, 1.165) is 11.1 Å². The molecular weight excluding hydrogens is 350 g/mol. The Labute approximate surface area is 157 Å². The molecule has 0 saturated heterocycles. The number of aliphatic carboxylic acids is 1. The van der Waals surface area contributed by atoms with Gasteiger partial charge in [0.1, 0.15) is 17.4 Å². The van der Waals surface area contributed by atoms with E-state index in [1.165, 1.54) is 0 Å². The summed E-state index contributed by atoms with van der Waals surface area (Å²) in [6.45, 7) is 8.57. The van der Waals surface area contributed by atoms with Crippen LogP contribution in [0.25, 0.3) is 11.0 Å². The number of carbonyl (C=O) groups excluding carboxylic acids is 1. The molecule has 0 aliphatic heterocycles. The quantitative estimate of drug-likeness (QED) is 0.721. The first-order chi connectivity index (χ1) is 12.6. The van der Waals surface area contributed by atoms with Gasteiger partial charge in [0.2, 0.25) is 0 Å². The zero-order valence-electron chi connectivity index (χ0n) is 16.2. The predicted molar refractivity (Wildman–Crippen MR) is 101 cm³/mol. The molecule has 0 aliphatic carbocycles. The molecule has 0 fully saturated rings. The van der Waals surface area contributed by atoms with Crippen molar-refractivity contribution in [2.24, 2.45) is 5.92 Å². The van der Waals surface area contributed by atoms with Crippen LogP contribution in [-0.4, -0.2) is 29.6 Å². The van der Waals surface area contributed by atoms with E-state index in [9.17, 15) is 19.5 Å². The molecule has 1 heterocycles. The lowest BCUT2D eigenvalue weighted by Crippen LogP contribution is -2.46. The third-order valence-corrected chi connectivity index (χ3v) is 4.81. The molecule has 27 heavy (non-hydrogen) atoms. The number of ether oxygens (including phenoxy) is 1. The third kappa shape index (κ3) is 4.48. The minimum atomic E-state index is -1.08. The largest absolute Gasteiger partial charge is 0.483 e. The highest BCUT2D eigenvalue weighted by molar-refractivity contribution is 5.89. The zero-order valence-corrected chi connectivity index (χ0v) is 16.2. The number of rotatable bonds is 7. The van der Waals surface area contributed by atoms with Crippen LogP contribution < -0.4 is 15.7 Å². The molecule has 0 radical (unpaired) electrons. The normalized spacial score (nSPS) is 13.2. The molecule has 0 spiro atoms. The number of fused-ring (bicyclic) bond motifs is 1. The fourth-order valence-electron chi connectivity index (χ4n) is 2.84. The topological polar surface area (TPSA) is 106 Å². The molecule has 2 rings (SSSR count). The first-order valence-electron chi connectivity index (χ1n) is 8.85. The first kappa shape index (κ1) is 20.5. The van der Waals surface area contributed by atoms with E-state index < -0.39 is 23.5 Å². The highest BCUT2D eigenvalue weighted by atomic mass is 16.5. The summed E-state index contributed by atoms with van der Waals surface area (Å²) >= 11 is 0. The summed E-state index contributed by atoms with van der Waals surface area (Å²) in [5, 5.41) is 12.4. The molecule has 2 N–H and O–H groups in total. The number of carboxylic acid groups (broad SMARTS) is 1. The van der Waals surface area contributed by atoms with Gasteiger partial charge in [-0.3, -0.25) is 4.79 Å². The minimum absolute atomic E-state index is 0.203. The van der Waals surface area contributed by atoms with Gasteiger partial charge in [-0.1, -0.05) is 20.3 Å². The van der Waals surface area contributed by atoms with Crippen LogP contribution in [0.1, 0.15) is 37.0 Å². The van der Waals surface area contributed by atoms with Crippen LogP contribution in [0, 0.1) is 26.7 Å². The van der Waals surface area contributed by atoms with Crippen molar-refractivity contribution in [3.63, 3.8) is 0 Å². The summed E-state index contributed by atoms with van der Waals surface area (Å²) in [6.07, 6.45) is 0.623. The van der Waals surface area contributed by atoms with Crippen LogP contribution in [0.15, 0.2) is 21.3 Å². The van der Waals surface area contributed by atoms with Gasteiger partial charge in [-0.2, -0.15) is 0 Å². The number of amides is 1. The number of carbonyl (C=O) groups is 2. The summed E-state index contributed by atoms with van der Waals surface area (Å²) in [7, 11) is 0. The summed E-state index contributed by atoms with van der Waals surface area (Å²) in [5.41, 5.74) is 1.99. The van der Waals surface area contributed by atoms with Gasteiger partial charge in [-0.05, 0) is 49.9 Å². The van der Waals surface area contributed by atoms with Crippen molar-refractivity contribution in [3.05, 3.63) is 39.2 Å². The number of hydrogen-bond donors (Lipinski definition) is 2. The average Bonchev–Trinajstić information content (AvgIpc) is 2.61. The Morgan fingerprint density at radius 3 is 2.48 bits per heavy atom. The number of benzene rings is 1. The molecule has 7 heteroatoms. The van der Waals surface area contributed by atoms with Gasteiger partial charge in [-0.15, -0.1) is 0 Å². The zero-order chi connectivity index (χ0) is 20.3. The highest BCUT2D eigenvalue weighted by Crippen LogP contribution is 2.30. The average molecular weight is 375 g/mol. The van der Waals surface area contributed by atoms with Gasteiger partial charge in [0.05, 0.1) is 5.39 Å². The summed E-state index contributed by atoms with van der Waals surface area (Å²) in [4.78, 5) is 35.4. The van der Waals surface area contributed by atoms with E-state index in [4.69, 9.17) is 9.15 Å². The SMILES string of the molecule is CC[C@@H](C)[C@H](NC(=O)COc1cc(C)cc2oc(=O)c(C)c(C)c12)C(=O)O. The Balaban J connectivity index is 2.26. The second-order valence-electron chi connectivity index (χ2n) is 6.83. The molecule has 0 saturated carbocycles. The molecule has 1 aromatic heterocycles. The molecule has 146 valence electrons. The van der Waals surface area contributed by atoms with Crippen LogP contribution in [0.4, 0.5) is 0 Å². The maximum absolute atomic E-state index is 12.2. The van der Waals surface area contributed by atoms with E-state index in [-0.39, 0.29) is 12.5 Å². The van der Waals surface area contributed by atoms with Gasteiger partial charge in [0, 0.05) is 5.56 Å². The van der Waals surface area contributed by atoms with Crippen molar-refractivity contribution in [2.45, 2.75) is 47.1 Å². The summed E-state index contributed by atoms with van der Waals surface area (Å²) in [5.74, 6) is -1.39. The smallest absolute Gasteiger partial charge is 0.339 e. The Morgan fingerprint density at radius 1 is 1.22 bits per heavy atom. The van der Waals surface area contributed by atoms with Crippen molar-refractivity contribution < 1.29 is 23.8 Å². The highest BCUT2D eigenvalue weighted by Gasteiger charge is 2.25. The van der Waals surface area contributed by atoms with E-state index in [2.05, 4.69) is 5.32 Å². The van der Waals surface area contributed by atoms with Crippen molar-refractivity contribution in [3.8, 4) is 5.75 Å². The Morgan fingerprint density at radius 2 is 1.89 bits per heavy atom. The van der Waals surface area contributed by atoms with Gasteiger partial charge in [0.25, 0.3) is 5.91 Å². The van der Waals surface area contributed by atoms with Crippen molar-refractivity contribution in [1.29, 1.82) is 0 Å². The van der Waals surface area contributed by atoms with E-state index in [1.807, 2.05) is 13.8 Å². The van der Waals surface area contributed by atoms with Crippen LogP contribution in [0.2, 0.25) is 0 Å². The van der Waals surface area contributed by atoms with Crippen molar-refractivity contribution in [1.82, 2.24) is 5.32 Å². The van der Waals surface area contributed by atoms with Gasteiger partial charge in [-0.25, -0.2) is 9.59 Å². The maximum Gasteiger partial charge on any atom is 0.339 e. The molecule has 0 aliphatic rings. The number of nitrogens with one attached hydrogen (secondary N) is 1. The Kier molecular flexibility index (Phi) is 6.25. The lowest BCUT2D eigenvalue weighted by Gasteiger charge is -2.20. The Hall–Kier alpha value is -2.83.